The smallest absolute Gasteiger partial charge is 0.331 e. The Morgan fingerprint density at radius 1 is 1.13 bits per heavy atom. The zero-order chi connectivity index (χ0) is 23.4. The van der Waals surface area contributed by atoms with Gasteiger partial charge in [-0.25, -0.2) is 9.59 Å². The highest BCUT2D eigenvalue weighted by atomic mass is 32.2. The number of hydrogen-bond acceptors (Lipinski definition) is 9. The molecule has 11 nitrogen and oxygen atoms in total. The molecule has 1 aliphatic rings. The quantitative estimate of drug-likeness (QED) is 0.370. The minimum absolute atomic E-state index is 0.0119. The van der Waals surface area contributed by atoms with Gasteiger partial charge >= 0.3 is 17.9 Å². The topological polar surface area (TPSA) is 165 Å². The number of nitrogens with one attached hydrogen (secondary N) is 2. The minimum Gasteiger partial charge on any atom is -0.478 e. The van der Waals surface area contributed by atoms with Crippen LogP contribution in [-0.2, 0) is 38.2 Å². The van der Waals surface area contributed by atoms with Gasteiger partial charge in [0.05, 0.1) is 6.42 Å². The molecule has 31 heavy (non-hydrogen) atoms. The fraction of sp³-hybridized carbons (Fsp3) is 0.579. The van der Waals surface area contributed by atoms with Crippen molar-refractivity contribution < 1.29 is 43.3 Å². The molecule has 0 radical (unpaired) electrons. The number of carbonyl (C=O) groups is 6. The average Bonchev–Trinajstić information content (AvgIpc) is 2.70. The van der Waals surface area contributed by atoms with Crippen molar-refractivity contribution in [2.24, 2.45) is 5.41 Å². The average molecular weight is 458 g/mol. The second-order valence-corrected chi connectivity index (χ2v) is 8.40. The van der Waals surface area contributed by atoms with Crippen LogP contribution in [0.3, 0.4) is 0 Å². The van der Waals surface area contributed by atoms with Gasteiger partial charge in [-0.1, -0.05) is 25.6 Å². The molecule has 172 valence electrons. The summed E-state index contributed by atoms with van der Waals surface area (Å²) in [6.45, 7) is 2.94. The predicted molar refractivity (Wildman–Crippen MR) is 109 cm³/mol. The molecule has 0 aromatic heterocycles. The number of amides is 2. The number of cyclic esters (lactones) is 1. The zero-order valence-corrected chi connectivity index (χ0v) is 18.1. The van der Waals surface area contributed by atoms with Crippen LogP contribution in [0.1, 0.15) is 33.1 Å². The summed E-state index contributed by atoms with van der Waals surface area (Å²) in [7, 11) is 0. The summed E-state index contributed by atoms with van der Waals surface area (Å²) in [5.41, 5.74) is -1.19. The Morgan fingerprint density at radius 3 is 2.52 bits per heavy atom. The van der Waals surface area contributed by atoms with Crippen molar-refractivity contribution >= 4 is 46.6 Å². The molecule has 1 atom stereocenters. The Kier molecular flexibility index (Phi) is 10.7. The van der Waals surface area contributed by atoms with Crippen molar-refractivity contribution in [3.63, 3.8) is 0 Å². The first-order valence-electron chi connectivity index (χ1n) is 9.48. The molecule has 1 fully saturated rings. The van der Waals surface area contributed by atoms with E-state index in [0.717, 1.165) is 11.8 Å². The van der Waals surface area contributed by atoms with E-state index < -0.39 is 35.3 Å². The van der Waals surface area contributed by atoms with Crippen molar-refractivity contribution in [3.8, 4) is 0 Å². The summed E-state index contributed by atoms with van der Waals surface area (Å²) in [6, 6.07) is 0. The van der Waals surface area contributed by atoms with E-state index in [2.05, 4.69) is 10.6 Å². The van der Waals surface area contributed by atoms with E-state index in [1.807, 2.05) is 0 Å². The van der Waals surface area contributed by atoms with E-state index in [-0.39, 0.29) is 50.0 Å². The molecular formula is C19H26N2O9S. The summed E-state index contributed by atoms with van der Waals surface area (Å²) in [5.74, 6) is -3.69. The number of carbonyl (C=O) groups excluding carboxylic acids is 5. The van der Waals surface area contributed by atoms with E-state index in [1.165, 1.54) is 13.8 Å². The standard InChI is InChI=1S/C19H26N2O9S/c1-19(2,11-29-14(25)4-3-13(23)24)17-18(28)21-8-7-12(22)20-9-10-31-16(27)6-5-15(26)30-17/h3-4,17H,5-11H2,1-2H3,(H,20,22)(H,21,28)(H,23,24)/b4-3+/t17-/m0/s1. The van der Waals surface area contributed by atoms with Gasteiger partial charge in [-0.05, 0) is 0 Å². The molecule has 0 unspecified atom stereocenters. The summed E-state index contributed by atoms with van der Waals surface area (Å²) >= 11 is 0.987. The number of carboxylic acids is 1. The predicted octanol–water partition coefficient (Wildman–Crippen LogP) is -0.215. The molecule has 3 N–H and O–H groups in total. The molecule has 1 saturated heterocycles. The summed E-state index contributed by atoms with van der Waals surface area (Å²) in [6.07, 6.45) is -0.414. The largest absolute Gasteiger partial charge is 0.478 e. The summed E-state index contributed by atoms with van der Waals surface area (Å²) in [4.78, 5) is 70.6. The molecule has 0 aliphatic carbocycles. The number of hydrogen-bond donors (Lipinski definition) is 3. The van der Waals surface area contributed by atoms with Crippen LogP contribution in [0.2, 0.25) is 0 Å². The van der Waals surface area contributed by atoms with Crippen LogP contribution in [-0.4, -0.2) is 71.5 Å². The Hall–Kier alpha value is -2.89. The van der Waals surface area contributed by atoms with Crippen LogP contribution in [0.5, 0.6) is 0 Å². The lowest BCUT2D eigenvalue weighted by atomic mass is 9.86. The maximum Gasteiger partial charge on any atom is 0.331 e. The third kappa shape index (κ3) is 10.6. The van der Waals surface area contributed by atoms with Crippen LogP contribution >= 0.6 is 11.8 Å². The number of ether oxygens (including phenoxy) is 2. The highest BCUT2D eigenvalue weighted by Crippen LogP contribution is 2.25. The third-order valence-corrected chi connectivity index (χ3v) is 4.95. The van der Waals surface area contributed by atoms with Crippen LogP contribution in [0.15, 0.2) is 12.2 Å². The van der Waals surface area contributed by atoms with E-state index in [1.54, 1.807) is 0 Å². The zero-order valence-electron chi connectivity index (χ0n) is 17.3. The summed E-state index contributed by atoms with van der Waals surface area (Å²) < 4.78 is 10.3. The maximum absolute atomic E-state index is 12.7. The fourth-order valence-electron chi connectivity index (χ4n) is 2.39. The molecular weight excluding hydrogens is 432 g/mol. The number of thioether (sulfide) groups is 1. The lowest BCUT2D eigenvalue weighted by Crippen LogP contribution is -2.49. The van der Waals surface area contributed by atoms with Crippen molar-refractivity contribution in [1.82, 2.24) is 10.6 Å². The Morgan fingerprint density at radius 2 is 1.84 bits per heavy atom. The number of rotatable bonds is 5. The molecule has 2 amide bonds. The lowest BCUT2D eigenvalue weighted by molar-refractivity contribution is -0.168. The first kappa shape index (κ1) is 26.1. The summed E-state index contributed by atoms with van der Waals surface area (Å²) in [5, 5.41) is 13.4. The van der Waals surface area contributed by atoms with Crippen LogP contribution in [0, 0.1) is 5.41 Å². The van der Waals surface area contributed by atoms with Gasteiger partial charge in [-0.3, -0.25) is 19.2 Å². The molecule has 12 heteroatoms. The Bertz CT molecular complexity index is 749. The second kappa shape index (κ2) is 12.7. The lowest BCUT2D eigenvalue weighted by Gasteiger charge is -2.32. The SMILES string of the molecule is CC(C)(COC(=O)/C=C/C(=O)O)[C@H]1OC(=O)CCC(=O)SCCNC(=O)CCNC1=O. The van der Waals surface area contributed by atoms with Crippen LogP contribution in [0.4, 0.5) is 0 Å². The van der Waals surface area contributed by atoms with Gasteiger partial charge in [0.1, 0.15) is 6.61 Å². The molecule has 1 heterocycles. The molecule has 0 spiro atoms. The van der Waals surface area contributed by atoms with Gasteiger partial charge in [0.15, 0.2) is 11.2 Å². The molecule has 1 rings (SSSR count). The first-order chi connectivity index (χ1) is 14.5. The molecule has 1 aliphatic heterocycles. The molecule has 0 aromatic carbocycles. The number of esters is 2. The highest BCUT2D eigenvalue weighted by molar-refractivity contribution is 8.13. The first-order valence-corrected chi connectivity index (χ1v) is 10.5. The van der Waals surface area contributed by atoms with Crippen molar-refractivity contribution in [3.05, 3.63) is 12.2 Å². The van der Waals surface area contributed by atoms with Crippen molar-refractivity contribution in [2.45, 2.75) is 39.2 Å². The van der Waals surface area contributed by atoms with E-state index >= 15 is 0 Å². The van der Waals surface area contributed by atoms with Gasteiger partial charge in [0.2, 0.25) is 5.91 Å². The number of aliphatic carboxylic acids is 1. The normalized spacial score (nSPS) is 20.1. The van der Waals surface area contributed by atoms with E-state index in [9.17, 15) is 28.8 Å². The molecule has 0 bridgehead atoms. The van der Waals surface area contributed by atoms with Crippen LogP contribution < -0.4 is 10.6 Å². The van der Waals surface area contributed by atoms with Gasteiger partial charge in [-0.2, -0.15) is 0 Å². The fourth-order valence-corrected chi connectivity index (χ4v) is 3.07. The van der Waals surface area contributed by atoms with Gasteiger partial charge < -0.3 is 25.2 Å². The maximum atomic E-state index is 12.7. The van der Waals surface area contributed by atoms with Crippen molar-refractivity contribution in [1.29, 1.82) is 0 Å². The third-order valence-electron chi connectivity index (χ3n) is 4.02. The Labute approximate surface area is 183 Å². The van der Waals surface area contributed by atoms with Gasteiger partial charge in [0.25, 0.3) is 5.91 Å². The van der Waals surface area contributed by atoms with Crippen molar-refractivity contribution in [2.75, 3.05) is 25.4 Å². The highest BCUT2D eigenvalue weighted by Gasteiger charge is 2.39. The second-order valence-electron chi connectivity index (χ2n) is 7.25. The van der Waals surface area contributed by atoms with Crippen LogP contribution in [0.25, 0.3) is 0 Å². The monoisotopic (exact) mass is 458 g/mol. The molecule has 0 saturated carbocycles. The number of carboxylic acid groups (broad SMARTS) is 1. The van der Waals surface area contributed by atoms with Gasteiger partial charge in [-0.15, -0.1) is 0 Å². The Balaban J connectivity index is 2.91. The van der Waals surface area contributed by atoms with Gasteiger partial charge in [0, 0.05) is 49.3 Å². The molecule has 0 aromatic rings. The minimum atomic E-state index is -1.38. The van der Waals surface area contributed by atoms with E-state index in [0.29, 0.717) is 17.9 Å². The van der Waals surface area contributed by atoms with E-state index in [4.69, 9.17) is 14.6 Å².